The van der Waals surface area contributed by atoms with E-state index in [9.17, 15) is 9.90 Å². The minimum absolute atomic E-state index is 0.0790. The number of carboxylic acid groups (broad SMARTS) is 1. The van der Waals surface area contributed by atoms with E-state index in [0.29, 0.717) is 27.9 Å². The van der Waals surface area contributed by atoms with Gasteiger partial charge < -0.3 is 9.84 Å². The maximum Gasteiger partial charge on any atom is 0.337 e. The van der Waals surface area contributed by atoms with Gasteiger partial charge in [-0.05, 0) is 12.1 Å². The van der Waals surface area contributed by atoms with Gasteiger partial charge >= 0.3 is 5.97 Å². The van der Waals surface area contributed by atoms with Gasteiger partial charge in [0.05, 0.1) is 24.6 Å². The molecule has 0 radical (unpaired) electrons. The van der Waals surface area contributed by atoms with Gasteiger partial charge in [-0.25, -0.2) is 9.78 Å². The average Bonchev–Trinajstić information content (AvgIpc) is 2.46. The molecule has 0 aromatic carbocycles. The molecule has 104 valence electrons. The van der Waals surface area contributed by atoms with Crippen molar-refractivity contribution in [3.8, 4) is 16.9 Å². The zero-order chi connectivity index (χ0) is 14.7. The molecule has 1 N–H and O–H groups in total. The van der Waals surface area contributed by atoms with Crippen LogP contribution in [0.15, 0.2) is 24.5 Å². The number of carboxylic acids is 1. The van der Waals surface area contributed by atoms with E-state index in [1.807, 2.05) is 0 Å². The Morgan fingerprint density at radius 3 is 2.70 bits per heavy atom. The molecule has 0 aliphatic rings. The molecular formula is C13H10BrClN2O3. The number of hydrogen-bond acceptors (Lipinski definition) is 4. The number of hydrogen-bond donors (Lipinski definition) is 1. The molecular weight excluding hydrogens is 348 g/mol. The number of pyridine rings is 2. The fourth-order valence-electron chi connectivity index (χ4n) is 1.76. The van der Waals surface area contributed by atoms with Gasteiger partial charge in [0.15, 0.2) is 0 Å². The Hall–Kier alpha value is -1.66. The predicted octanol–water partition coefficient (Wildman–Crippen LogP) is 3.40. The molecule has 0 aliphatic carbocycles. The smallest absolute Gasteiger partial charge is 0.337 e. The van der Waals surface area contributed by atoms with E-state index in [1.54, 1.807) is 12.1 Å². The number of halogens is 2. The van der Waals surface area contributed by atoms with E-state index in [-0.39, 0.29) is 10.7 Å². The van der Waals surface area contributed by atoms with Gasteiger partial charge in [0, 0.05) is 22.7 Å². The standard InChI is InChI=1S/C13H10BrClN2O3/c1-20-11-6-17-12(15)3-9(11)8-2-7(4-14)16-5-10(8)13(18)19/h2-3,5-6H,4H2,1H3,(H,18,19). The van der Waals surface area contributed by atoms with Gasteiger partial charge in [-0.2, -0.15) is 0 Å². The lowest BCUT2D eigenvalue weighted by molar-refractivity contribution is 0.0697. The van der Waals surface area contributed by atoms with Gasteiger partial charge in [-0.1, -0.05) is 27.5 Å². The monoisotopic (exact) mass is 356 g/mol. The van der Waals surface area contributed by atoms with Crippen molar-refractivity contribution < 1.29 is 14.6 Å². The van der Waals surface area contributed by atoms with Crippen molar-refractivity contribution in [2.45, 2.75) is 5.33 Å². The van der Waals surface area contributed by atoms with Crippen LogP contribution in [0.1, 0.15) is 16.1 Å². The van der Waals surface area contributed by atoms with E-state index >= 15 is 0 Å². The first-order valence-electron chi connectivity index (χ1n) is 5.55. The van der Waals surface area contributed by atoms with Crippen LogP contribution in [0.2, 0.25) is 5.15 Å². The molecule has 0 atom stereocenters. The highest BCUT2D eigenvalue weighted by Crippen LogP contribution is 2.34. The Morgan fingerprint density at radius 1 is 1.35 bits per heavy atom. The van der Waals surface area contributed by atoms with Gasteiger partial charge in [0.2, 0.25) is 0 Å². The summed E-state index contributed by atoms with van der Waals surface area (Å²) in [4.78, 5) is 19.3. The van der Waals surface area contributed by atoms with Crippen molar-refractivity contribution in [2.24, 2.45) is 0 Å². The first kappa shape index (κ1) is 14.7. The molecule has 0 fully saturated rings. The zero-order valence-corrected chi connectivity index (χ0v) is 12.8. The molecule has 2 rings (SSSR count). The molecule has 7 heteroatoms. The summed E-state index contributed by atoms with van der Waals surface area (Å²) in [6, 6.07) is 3.26. The van der Waals surface area contributed by atoms with Crippen LogP contribution in [0.3, 0.4) is 0 Å². The summed E-state index contributed by atoms with van der Waals surface area (Å²) in [5.41, 5.74) is 1.84. The lowest BCUT2D eigenvalue weighted by Crippen LogP contribution is -2.03. The minimum atomic E-state index is -1.07. The largest absolute Gasteiger partial charge is 0.494 e. The third-order valence-corrected chi connectivity index (χ3v) is 3.45. The molecule has 0 unspecified atom stereocenters. The fraction of sp³-hybridized carbons (Fsp3) is 0.154. The first-order valence-corrected chi connectivity index (χ1v) is 7.04. The third kappa shape index (κ3) is 2.91. The lowest BCUT2D eigenvalue weighted by atomic mass is 10.0. The van der Waals surface area contributed by atoms with Crippen molar-refractivity contribution >= 4 is 33.5 Å². The molecule has 0 saturated carbocycles. The highest BCUT2D eigenvalue weighted by Gasteiger charge is 2.17. The quantitative estimate of drug-likeness (QED) is 0.670. The molecule has 5 nitrogen and oxygen atoms in total. The third-order valence-electron chi connectivity index (χ3n) is 2.67. The molecule has 2 heterocycles. The Kier molecular flexibility index (Phi) is 4.57. The van der Waals surface area contributed by atoms with Gasteiger partial charge in [0.25, 0.3) is 0 Å². The summed E-state index contributed by atoms with van der Waals surface area (Å²) in [5, 5.41) is 10.1. The van der Waals surface area contributed by atoms with Crippen LogP contribution in [-0.2, 0) is 5.33 Å². The van der Waals surface area contributed by atoms with Crippen LogP contribution in [0.4, 0.5) is 0 Å². The molecule has 0 spiro atoms. The fourth-order valence-corrected chi connectivity index (χ4v) is 2.22. The minimum Gasteiger partial charge on any atom is -0.494 e. The number of alkyl halides is 1. The van der Waals surface area contributed by atoms with Crippen LogP contribution in [-0.4, -0.2) is 28.2 Å². The number of carbonyl (C=O) groups is 1. The SMILES string of the molecule is COc1cnc(Cl)cc1-c1cc(CBr)ncc1C(=O)O. The van der Waals surface area contributed by atoms with E-state index < -0.39 is 5.97 Å². The lowest BCUT2D eigenvalue weighted by Gasteiger charge is -2.11. The topological polar surface area (TPSA) is 72.3 Å². The van der Waals surface area contributed by atoms with Gasteiger partial charge in [0.1, 0.15) is 10.9 Å². The summed E-state index contributed by atoms with van der Waals surface area (Å²) in [5.74, 6) is -0.618. The Balaban J connectivity index is 2.72. The van der Waals surface area contributed by atoms with Crippen LogP contribution in [0.5, 0.6) is 5.75 Å². The Labute approximate surface area is 128 Å². The average molecular weight is 358 g/mol. The number of aromatic nitrogens is 2. The summed E-state index contributed by atoms with van der Waals surface area (Å²) < 4.78 is 5.22. The van der Waals surface area contributed by atoms with E-state index in [4.69, 9.17) is 16.3 Å². The summed E-state index contributed by atoms with van der Waals surface area (Å²) in [6.07, 6.45) is 2.78. The Bertz CT molecular complexity index is 664. The van der Waals surface area contributed by atoms with Crippen molar-refractivity contribution in [3.63, 3.8) is 0 Å². The predicted molar refractivity (Wildman–Crippen MR) is 78.6 cm³/mol. The van der Waals surface area contributed by atoms with Crippen LogP contribution < -0.4 is 4.74 Å². The number of methoxy groups -OCH3 is 1. The van der Waals surface area contributed by atoms with Gasteiger partial charge in [-0.15, -0.1) is 0 Å². The zero-order valence-electron chi connectivity index (χ0n) is 10.4. The normalized spacial score (nSPS) is 10.3. The molecule has 0 saturated heterocycles. The number of aromatic carboxylic acids is 1. The number of rotatable bonds is 4. The molecule has 0 amide bonds. The first-order chi connectivity index (χ1) is 9.56. The van der Waals surface area contributed by atoms with E-state index in [0.717, 1.165) is 0 Å². The van der Waals surface area contributed by atoms with Crippen molar-refractivity contribution in [1.29, 1.82) is 0 Å². The molecule has 0 aliphatic heterocycles. The van der Waals surface area contributed by atoms with Gasteiger partial charge in [-0.3, -0.25) is 4.98 Å². The maximum absolute atomic E-state index is 11.3. The molecule has 2 aromatic heterocycles. The molecule has 0 bridgehead atoms. The van der Waals surface area contributed by atoms with Crippen LogP contribution >= 0.6 is 27.5 Å². The van der Waals surface area contributed by atoms with Crippen molar-refractivity contribution in [2.75, 3.05) is 7.11 Å². The number of ether oxygens (including phenoxy) is 1. The number of nitrogens with zero attached hydrogens (tertiary/aromatic N) is 2. The Morgan fingerprint density at radius 2 is 2.10 bits per heavy atom. The highest BCUT2D eigenvalue weighted by atomic mass is 79.9. The summed E-state index contributed by atoms with van der Waals surface area (Å²) in [7, 11) is 1.49. The molecule has 2 aromatic rings. The summed E-state index contributed by atoms with van der Waals surface area (Å²) in [6.45, 7) is 0. The summed E-state index contributed by atoms with van der Waals surface area (Å²) >= 11 is 9.19. The maximum atomic E-state index is 11.3. The van der Waals surface area contributed by atoms with Crippen molar-refractivity contribution in [1.82, 2.24) is 9.97 Å². The van der Waals surface area contributed by atoms with Crippen molar-refractivity contribution in [3.05, 3.63) is 40.9 Å². The van der Waals surface area contributed by atoms with Crippen LogP contribution in [0.25, 0.3) is 11.1 Å². The highest BCUT2D eigenvalue weighted by molar-refractivity contribution is 9.08. The molecule has 20 heavy (non-hydrogen) atoms. The second-order valence-electron chi connectivity index (χ2n) is 3.87. The van der Waals surface area contributed by atoms with Crippen LogP contribution in [0, 0.1) is 0 Å². The second kappa shape index (κ2) is 6.19. The van der Waals surface area contributed by atoms with E-state index in [2.05, 4.69) is 25.9 Å². The second-order valence-corrected chi connectivity index (χ2v) is 4.82. The van der Waals surface area contributed by atoms with E-state index in [1.165, 1.54) is 19.5 Å².